The van der Waals surface area contributed by atoms with Gasteiger partial charge in [0.05, 0.1) is 5.69 Å². The number of halogens is 1. The van der Waals surface area contributed by atoms with Crippen LogP contribution in [0.5, 0.6) is 0 Å². The van der Waals surface area contributed by atoms with Gasteiger partial charge in [0.2, 0.25) is 0 Å². The molecule has 2 heterocycles. The Balaban J connectivity index is 0.00000124. The molecule has 0 bridgehead atoms. The van der Waals surface area contributed by atoms with Gasteiger partial charge >= 0.3 is 27.7 Å². The third-order valence-corrected chi connectivity index (χ3v) is 4.93. The number of benzene rings is 2. The maximum atomic E-state index is 14.1. The Labute approximate surface area is 191 Å². The standard InChI is InChI=1S/C24H22N3O.ClH.Pd/c1-18-16-19(2)27(26-18)23-15-9-14-22(25-23)17-24(28,20-10-5-3-6-11-20)21-12-7-4-8-13-21;;/h3-16H,17H2,1-2H3;1H;/q-1;;+2/p-1. The fourth-order valence-corrected chi connectivity index (χ4v) is 3.58. The Morgan fingerprint density at radius 3 is 1.93 bits per heavy atom. The van der Waals surface area contributed by atoms with Crippen molar-refractivity contribution in [2.75, 3.05) is 0 Å². The minimum absolute atomic E-state index is 0.258. The zero-order valence-electron chi connectivity index (χ0n) is 16.7. The van der Waals surface area contributed by atoms with Crippen LogP contribution < -0.4 is 5.11 Å². The summed E-state index contributed by atoms with van der Waals surface area (Å²) in [5.74, 6) is 0.728. The van der Waals surface area contributed by atoms with Gasteiger partial charge in [0, 0.05) is 11.4 Å². The predicted molar refractivity (Wildman–Crippen MR) is 114 cm³/mol. The van der Waals surface area contributed by atoms with E-state index < -0.39 is 5.60 Å². The molecule has 0 aliphatic heterocycles. The number of pyridine rings is 1. The van der Waals surface area contributed by atoms with Gasteiger partial charge in [-0.15, -0.1) is 0 Å². The molecule has 0 N–H and O–H groups in total. The van der Waals surface area contributed by atoms with E-state index in [0.717, 1.165) is 34.0 Å². The average molecular weight is 510 g/mol. The van der Waals surface area contributed by atoms with Crippen molar-refractivity contribution in [1.82, 2.24) is 14.8 Å². The first-order valence-corrected chi connectivity index (χ1v) is 11.5. The van der Waals surface area contributed by atoms with Crippen LogP contribution in [0.4, 0.5) is 0 Å². The molecule has 4 nitrogen and oxygen atoms in total. The first-order valence-electron chi connectivity index (χ1n) is 9.49. The van der Waals surface area contributed by atoms with Crippen LogP contribution in [0, 0.1) is 13.8 Å². The SMILES string of the molecule is Cc1cc(C)n(-c2cccc(CC([O-])(c3ccccc3)c3ccccc3)n2)n1.[Cl][Pd+]. The average Bonchev–Trinajstić information content (AvgIpc) is 3.14. The second-order valence-corrected chi connectivity index (χ2v) is 7.06. The summed E-state index contributed by atoms with van der Waals surface area (Å²) in [6, 6.07) is 26.8. The van der Waals surface area contributed by atoms with Gasteiger partial charge in [-0.1, -0.05) is 83.5 Å². The van der Waals surface area contributed by atoms with Gasteiger partial charge in [-0.25, -0.2) is 9.67 Å². The van der Waals surface area contributed by atoms with E-state index in [1.165, 1.54) is 0 Å². The van der Waals surface area contributed by atoms with Crippen molar-refractivity contribution in [3.8, 4) is 5.82 Å². The van der Waals surface area contributed by atoms with E-state index in [-0.39, 0.29) is 6.42 Å². The van der Waals surface area contributed by atoms with Gasteiger partial charge in [-0.2, -0.15) is 5.10 Å². The van der Waals surface area contributed by atoms with Crippen molar-refractivity contribution in [2.24, 2.45) is 0 Å². The summed E-state index contributed by atoms with van der Waals surface area (Å²) in [6.45, 7) is 3.96. The normalized spacial score (nSPS) is 11.0. The van der Waals surface area contributed by atoms with Crippen LogP contribution in [-0.4, -0.2) is 14.8 Å². The Morgan fingerprint density at radius 1 is 0.867 bits per heavy atom. The molecular formula is C24H22ClN3OPd. The number of aryl methyl sites for hydroxylation is 2. The molecule has 2 aromatic carbocycles. The van der Waals surface area contributed by atoms with Gasteiger partial charge < -0.3 is 5.11 Å². The Kier molecular flexibility index (Phi) is 7.58. The zero-order chi connectivity index (χ0) is 21.6. The molecule has 30 heavy (non-hydrogen) atoms. The van der Waals surface area contributed by atoms with E-state index in [9.17, 15) is 5.11 Å². The van der Waals surface area contributed by atoms with Crippen molar-refractivity contribution >= 4 is 9.53 Å². The Morgan fingerprint density at radius 2 is 1.43 bits per heavy atom. The topological polar surface area (TPSA) is 53.8 Å². The van der Waals surface area contributed by atoms with Crippen LogP contribution in [-0.2, 0) is 30.2 Å². The van der Waals surface area contributed by atoms with E-state index >= 15 is 0 Å². The molecule has 6 heteroatoms. The summed E-state index contributed by atoms with van der Waals surface area (Å²) in [7, 11) is 4.49. The van der Waals surface area contributed by atoms with Gasteiger partial charge in [0.1, 0.15) is 0 Å². The van der Waals surface area contributed by atoms with E-state index in [1.54, 1.807) is 0 Å². The summed E-state index contributed by atoms with van der Waals surface area (Å²) in [5.41, 5.74) is 2.76. The quantitative estimate of drug-likeness (QED) is 0.374. The van der Waals surface area contributed by atoms with Crippen LogP contribution in [0.1, 0.15) is 28.2 Å². The molecule has 4 aromatic rings. The first-order chi connectivity index (χ1) is 14.6. The van der Waals surface area contributed by atoms with Crippen molar-refractivity contribution in [2.45, 2.75) is 25.9 Å². The third kappa shape index (κ3) is 4.88. The number of hydrogen-bond donors (Lipinski definition) is 0. The number of aromatic nitrogens is 3. The van der Waals surface area contributed by atoms with Crippen LogP contribution in [0.2, 0.25) is 0 Å². The number of hydrogen-bond acceptors (Lipinski definition) is 3. The molecule has 0 amide bonds. The summed E-state index contributed by atoms with van der Waals surface area (Å²) in [5, 5.41) is 18.6. The predicted octanol–water partition coefficient (Wildman–Crippen LogP) is 4.42. The molecule has 0 fully saturated rings. The molecule has 0 saturated heterocycles. The van der Waals surface area contributed by atoms with Gasteiger partial charge in [-0.3, -0.25) is 0 Å². The third-order valence-electron chi connectivity index (χ3n) is 4.93. The molecule has 0 saturated carbocycles. The summed E-state index contributed by atoms with van der Waals surface area (Å²) < 4.78 is 1.82. The second kappa shape index (κ2) is 10.1. The summed E-state index contributed by atoms with van der Waals surface area (Å²) in [4.78, 5) is 4.75. The van der Waals surface area contributed by atoms with Crippen LogP contribution in [0.25, 0.3) is 5.82 Å². The van der Waals surface area contributed by atoms with E-state index in [4.69, 9.17) is 4.98 Å². The molecule has 2 aromatic heterocycles. The van der Waals surface area contributed by atoms with Crippen molar-refractivity contribution in [3.63, 3.8) is 0 Å². The molecule has 0 atom stereocenters. The van der Waals surface area contributed by atoms with E-state index in [1.807, 2.05) is 103 Å². The molecular weight excluding hydrogens is 488 g/mol. The Bertz CT molecular complexity index is 1040. The molecule has 0 spiro atoms. The fourth-order valence-electron chi connectivity index (χ4n) is 3.58. The van der Waals surface area contributed by atoms with E-state index in [0.29, 0.717) is 0 Å². The zero-order valence-corrected chi connectivity index (χ0v) is 19.0. The summed E-state index contributed by atoms with van der Waals surface area (Å²) >= 11 is 2.22. The summed E-state index contributed by atoms with van der Waals surface area (Å²) in [6.07, 6.45) is 0.258. The second-order valence-electron chi connectivity index (χ2n) is 7.06. The first kappa shape index (κ1) is 22.4. The number of nitrogens with zero attached hydrogens (tertiary/aromatic N) is 3. The van der Waals surface area contributed by atoms with Crippen molar-refractivity contribution in [3.05, 3.63) is 113 Å². The van der Waals surface area contributed by atoms with Gasteiger partial charge in [0.15, 0.2) is 5.82 Å². The maximum absolute atomic E-state index is 14.1. The molecule has 0 aliphatic rings. The molecule has 0 radical (unpaired) electrons. The molecule has 156 valence electrons. The van der Waals surface area contributed by atoms with E-state index in [2.05, 4.69) is 32.8 Å². The van der Waals surface area contributed by atoms with Crippen LogP contribution in [0.3, 0.4) is 0 Å². The fraction of sp³-hybridized carbons (Fsp3) is 0.167. The van der Waals surface area contributed by atoms with Gasteiger partial charge in [-0.05, 0) is 38.5 Å². The van der Waals surface area contributed by atoms with Crippen molar-refractivity contribution in [1.29, 1.82) is 0 Å². The molecule has 0 aliphatic carbocycles. The number of rotatable bonds is 5. The van der Waals surface area contributed by atoms with Crippen LogP contribution in [0.15, 0.2) is 84.9 Å². The monoisotopic (exact) mass is 509 g/mol. The Hall–Kier alpha value is -2.29. The van der Waals surface area contributed by atoms with Crippen molar-refractivity contribution < 1.29 is 23.3 Å². The van der Waals surface area contributed by atoms with Gasteiger partial charge in [0.25, 0.3) is 0 Å². The molecule has 0 unspecified atom stereocenters. The molecule has 4 rings (SSSR count). The minimum atomic E-state index is -1.41. The van der Waals surface area contributed by atoms with Crippen LogP contribution >= 0.6 is 9.53 Å².